The summed E-state index contributed by atoms with van der Waals surface area (Å²) < 4.78 is 15.2. The molecule has 2 aromatic heterocycles. The van der Waals surface area contributed by atoms with Gasteiger partial charge in [-0.15, -0.1) is 5.10 Å². The van der Waals surface area contributed by atoms with E-state index >= 15 is 0 Å². The fourth-order valence-electron chi connectivity index (χ4n) is 4.10. The zero-order valence-corrected chi connectivity index (χ0v) is 17.7. The van der Waals surface area contributed by atoms with Crippen LogP contribution in [0, 0.1) is 5.82 Å². The monoisotopic (exact) mass is 463 g/mol. The number of amides is 4. The average Bonchev–Trinajstić information content (AvgIpc) is 3.39. The summed E-state index contributed by atoms with van der Waals surface area (Å²) in [6.07, 6.45) is 3.24. The van der Waals surface area contributed by atoms with E-state index in [0.29, 0.717) is 16.8 Å². The van der Waals surface area contributed by atoms with Crippen LogP contribution in [0.4, 0.5) is 10.1 Å². The molecule has 12 heteroatoms. The van der Waals surface area contributed by atoms with E-state index in [0.717, 1.165) is 0 Å². The zero-order chi connectivity index (χ0) is 23.8. The summed E-state index contributed by atoms with van der Waals surface area (Å²) in [5, 5.41) is 12.7. The van der Waals surface area contributed by atoms with Crippen LogP contribution in [0.15, 0.2) is 42.7 Å². The van der Waals surface area contributed by atoms with Gasteiger partial charge in [0.1, 0.15) is 24.0 Å². The normalized spacial score (nSPS) is 17.5. The molecule has 172 valence electrons. The second-order valence-electron chi connectivity index (χ2n) is 7.92. The van der Waals surface area contributed by atoms with E-state index in [1.807, 2.05) is 0 Å². The Kier molecular flexibility index (Phi) is 5.32. The quantitative estimate of drug-likeness (QED) is 0.536. The van der Waals surface area contributed by atoms with Crippen LogP contribution in [0.25, 0.3) is 11.4 Å². The van der Waals surface area contributed by atoms with Crippen LogP contribution in [0.3, 0.4) is 0 Å². The predicted molar refractivity (Wildman–Crippen MR) is 114 cm³/mol. The molecule has 1 atom stereocenters. The lowest BCUT2D eigenvalue weighted by Gasteiger charge is -2.29. The fraction of sp³-hybridized carbons (Fsp3) is 0.227. The van der Waals surface area contributed by atoms with Gasteiger partial charge in [-0.1, -0.05) is 11.3 Å². The predicted octanol–water partition coefficient (Wildman–Crippen LogP) is 0.879. The van der Waals surface area contributed by atoms with Crippen molar-refractivity contribution in [3.63, 3.8) is 0 Å². The van der Waals surface area contributed by atoms with Gasteiger partial charge < -0.3 is 10.2 Å². The van der Waals surface area contributed by atoms with E-state index in [2.05, 4.69) is 25.9 Å². The lowest BCUT2D eigenvalue weighted by molar-refractivity contribution is -0.137. The summed E-state index contributed by atoms with van der Waals surface area (Å²) in [6.45, 7) is -0.0702. The Balaban J connectivity index is 1.30. The van der Waals surface area contributed by atoms with Crippen molar-refractivity contribution in [3.8, 4) is 11.4 Å². The number of rotatable bonds is 5. The van der Waals surface area contributed by atoms with E-state index in [4.69, 9.17) is 0 Å². The SMILES string of the molecule is O=C1CCC(N2Cc3c(NC(=O)Cn4cc(-c5ncccc5F)nn4)cccc3C2=O)C(=O)N1. The number of piperidine rings is 1. The molecule has 2 aliphatic heterocycles. The first kappa shape index (κ1) is 21.4. The first-order valence-electron chi connectivity index (χ1n) is 10.5. The molecule has 3 aromatic rings. The van der Waals surface area contributed by atoms with Crippen molar-refractivity contribution in [2.24, 2.45) is 0 Å². The van der Waals surface area contributed by atoms with Gasteiger partial charge in [0.25, 0.3) is 5.91 Å². The minimum Gasteiger partial charge on any atom is -0.324 e. The van der Waals surface area contributed by atoms with Crippen LogP contribution in [-0.2, 0) is 27.5 Å². The number of halogens is 1. The van der Waals surface area contributed by atoms with Crippen LogP contribution in [0.5, 0.6) is 0 Å². The molecule has 4 heterocycles. The topological polar surface area (TPSA) is 139 Å². The number of aromatic nitrogens is 4. The number of benzene rings is 1. The van der Waals surface area contributed by atoms with Gasteiger partial charge in [-0.3, -0.25) is 29.5 Å². The number of pyridine rings is 1. The third kappa shape index (κ3) is 3.89. The fourth-order valence-corrected chi connectivity index (χ4v) is 4.10. The van der Waals surface area contributed by atoms with Gasteiger partial charge in [-0.25, -0.2) is 9.07 Å². The number of imide groups is 1. The van der Waals surface area contributed by atoms with Gasteiger partial charge in [0.15, 0.2) is 5.82 Å². The van der Waals surface area contributed by atoms with Gasteiger partial charge in [0, 0.05) is 36.0 Å². The van der Waals surface area contributed by atoms with Crippen molar-refractivity contribution in [3.05, 3.63) is 59.7 Å². The molecule has 5 rings (SSSR count). The summed E-state index contributed by atoms with van der Waals surface area (Å²) in [4.78, 5) is 54.6. The third-order valence-electron chi connectivity index (χ3n) is 5.70. The molecule has 11 nitrogen and oxygen atoms in total. The largest absolute Gasteiger partial charge is 0.324 e. The minimum absolute atomic E-state index is 0.0297. The maximum Gasteiger partial charge on any atom is 0.255 e. The molecule has 1 aromatic carbocycles. The Hall–Kier alpha value is -4.48. The molecule has 1 saturated heterocycles. The van der Waals surface area contributed by atoms with Gasteiger partial charge in [0.05, 0.1) is 6.20 Å². The van der Waals surface area contributed by atoms with E-state index < -0.39 is 23.7 Å². The zero-order valence-electron chi connectivity index (χ0n) is 17.7. The van der Waals surface area contributed by atoms with Crippen molar-refractivity contribution in [2.45, 2.75) is 32.0 Å². The van der Waals surface area contributed by atoms with Crippen molar-refractivity contribution in [1.29, 1.82) is 0 Å². The van der Waals surface area contributed by atoms with Crippen LogP contribution < -0.4 is 10.6 Å². The van der Waals surface area contributed by atoms with Crippen molar-refractivity contribution >= 4 is 29.3 Å². The number of carbonyl (C=O) groups excluding carboxylic acids is 4. The molecule has 0 saturated carbocycles. The summed E-state index contributed by atoms with van der Waals surface area (Å²) in [5.41, 5.74) is 1.62. The molecule has 1 unspecified atom stereocenters. The molecule has 2 aliphatic rings. The van der Waals surface area contributed by atoms with Crippen LogP contribution >= 0.6 is 0 Å². The second-order valence-corrected chi connectivity index (χ2v) is 7.92. The second kappa shape index (κ2) is 8.46. The lowest BCUT2D eigenvalue weighted by Crippen LogP contribution is -2.52. The Morgan fingerprint density at radius 1 is 1.21 bits per heavy atom. The lowest BCUT2D eigenvalue weighted by atomic mass is 10.0. The maximum atomic E-state index is 13.9. The highest BCUT2D eigenvalue weighted by atomic mass is 19.1. The first-order valence-corrected chi connectivity index (χ1v) is 10.5. The van der Waals surface area contributed by atoms with Crippen LogP contribution in [-0.4, -0.2) is 54.5 Å². The molecule has 0 spiro atoms. The molecular formula is C22H18FN7O4. The standard InChI is InChI=1S/C22H18FN7O4/c23-14-4-2-8-24-20(14)16-10-29(28-27-16)11-19(32)25-15-5-1-3-12-13(15)9-30(22(12)34)17-6-7-18(31)26-21(17)33/h1-5,8,10,17H,6-7,9,11H2,(H,25,32)(H,26,31,33). The Morgan fingerprint density at radius 3 is 2.85 bits per heavy atom. The molecule has 0 bridgehead atoms. The number of nitrogens with zero attached hydrogens (tertiary/aromatic N) is 5. The smallest absolute Gasteiger partial charge is 0.255 e. The van der Waals surface area contributed by atoms with Gasteiger partial charge in [-0.05, 0) is 30.7 Å². The van der Waals surface area contributed by atoms with Crippen LogP contribution in [0.2, 0.25) is 0 Å². The van der Waals surface area contributed by atoms with Gasteiger partial charge in [0.2, 0.25) is 17.7 Å². The Labute approximate surface area is 192 Å². The highest BCUT2D eigenvalue weighted by Crippen LogP contribution is 2.32. The summed E-state index contributed by atoms with van der Waals surface area (Å²) in [6, 6.07) is 6.89. The molecule has 4 amide bonds. The molecular weight excluding hydrogens is 445 g/mol. The number of nitrogens with one attached hydrogen (secondary N) is 2. The number of hydrogen-bond acceptors (Lipinski definition) is 7. The minimum atomic E-state index is -0.748. The van der Waals surface area contributed by atoms with Gasteiger partial charge >= 0.3 is 0 Å². The summed E-state index contributed by atoms with van der Waals surface area (Å²) in [7, 11) is 0. The van der Waals surface area contributed by atoms with E-state index in [9.17, 15) is 23.6 Å². The molecule has 0 radical (unpaired) electrons. The summed E-state index contributed by atoms with van der Waals surface area (Å²) >= 11 is 0. The van der Waals surface area contributed by atoms with E-state index in [1.165, 1.54) is 34.1 Å². The molecule has 1 fully saturated rings. The average molecular weight is 463 g/mol. The number of anilines is 1. The van der Waals surface area contributed by atoms with Crippen molar-refractivity contribution < 1.29 is 23.6 Å². The molecule has 34 heavy (non-hydrogen) atoms. The highest BCUT2D eigenvalue weighted by molar-refractivity contribution is 6.06. The van der Waals surface area contributed by atoms with Crippen molar-refractivity contribution in [2.75, 3.05) is 5.32 Å². The van der Waals surface area contributed by atoms with Crippen molar-refractivity contribution in [1.82, 2.24) is 30.2 Å². The number of carbonyl (C=O) groups is 4. The van der Waals surface area contributed by atoms with Gasteiger partial charge in [-0.2, -0.15) is 0 Å². The van der Waals surface area contributed by atoms with Crippen LogP contribution in [0.1, 0.15) is 28.8 Å². The Morgan fingerprint density at radius 2 is 2.06 bits per heavy atom. The number of hydrogen-bond donors (Lipinski definition) is 2. The summed E-state index contributed by atoms with van der Waals surface area (Å²) in [5.74, 6) is -2.18. The first-order chi connectivity index (χ1) is 16.4. The van der Waals surface area contributed by atoms with E-state index in [-0.39, 0.29) is 49.1 Å². The van der Waals surface area contributed by atoms with E-state index in [1.54, 1.807) is 18.2 Å². The molecule has 0 aliphatic carbocycles. The molecule has 2 N–H and O–H groups in total. The number of fused-ring (bicyclic) bond motifs is 1. The Bertz CT molecular complexity index is 1340. The third-order valence-corrected chi connectivity index (χ3v) is 5.70. The highest BCUT2D eigenvalue weighted by Gasteiger charge is 2.39. The maximum absolute atomic E-state index is 13.9.